The fraction of sp³-hybridized carbons (Fsp3) is 0.562. The molecule has 0 heterocycles. The van der Waals surface area contributed by atoms with Gasteiger partial charge in [-0.3, -0.25) is 4.79 Å². The molecule has 0 aliphatic heterocycles. The van der Waals surface area contributed by atoms with E-state index in [1.807, 2.05) is 7.05 Å². The van der Waals surface area contributed by atoms with Gasteiger partial charge in [-0.15, -0.1) is 0 Å². The normalized spacial score (nSPS) is 16.2. The van der Waals surface area contributed by atoms with Crippen LogP contribution in [0.2, 0.25) is 0 Å². The second-order valence-electron chi connectivity index (χ2n) is 5.42. The summed E-state index contributed by atoms with van der Waals surface area (Å²) in [7, 11) is 1.91. The zero-order valence-corrected chi connectivity index (χ0v) is 12.2. The van der Waals surface area contributed by atoms with Crippen LogP contribution in [-0.2, 0) is 17.6 Å². The molecule has 0 unspecified atom stereocenters. The lowest BCUT2D eigenvalue weighted by atomic mass is 10.0. The van der Waals surface area contributed by atoms with Crippen molar-refractivity contribution in [1.29, 1.82) is 0 Å². The molecule has 2 rings (SSSR count). The third-order valence-corrected chi connectivity index (χ3v) is 4.09. The summed E-state index contributed by atoms with van der Waals surface area (Å²) in [6.07, 6.45) is 3.88. The summed E-state index contributed by atoms with van der Waals surface area (Å²) >= 11 is 0. The number of hydrogen-bond donors (Lipinski definition) is 2. The van der Waals surface area contributed by atoms with Crippen LogP contribution in [0.15, 0.2) is 18.2 Å². The first-order valence-electron chi connectivity index (χ1n) is 7.23. The average Bonchev–Trinajstić information content (AvgIpc) is 3.20. The van der Waals surface area contributed by atoms with Crippen molar-refractivity contribution in [2.45, 2.75) is 39.5 Å². The van der Waals surface area contributed by atoms with Crippen LogP contribution >= 0.6 is 0 Å². The van der Waals surface area contributed by atoms with Crippen LogP contribution in [0, 0.1) is 5.41 Å². The van der Waals surface area contributed by atoms with Crippen molar-refractivity contribution in [2.75, 3.05) is 18.9 Å². The van der Waals surface area contributed by atoms with Crippen molar-refractivity contribution < 1.29 is 4.79 Å². The second-order valence-corrected chi connectivity index (χ2v) is 5.42. The number of aryl methyl sites for hydroxylation is 2. The summed E-state index contributed by atoms with van der Waals surface area (Å²) in [4.78, 5) is 12.5. The molecule has 1 aromatic rings. The van der Waals surface area contributed by atoms with Gasteiger partial charge in [-0.25, -0.2) is 0 Å². The Morgan fingerprint density at radius 3 is 2.21 bits per heavy atom. The van der Waals surface area contributed by atoms with Crippen molar-refractivity contribution in [3.63, 3.8) is 0 Å². The van der Waals surface area contributed by atoms with Gasteiger partial charge in [0.1, 0.15) is 0 Å². The molecule has 0 atom stereocenters. The Morgan fingerprint density at radius 1 is 1.21 bits per heavy atom. The molecule has 1 aliphatic carbocycles. The van der Waals surface area contributed by atoms with Crippen LogP contribution in [-0.4, -0.2) is 19.5 Å². The Bertz CT molecular complexity index is 442. The van der Waals surface area contributed by atoms with E-state index in [1.54, 1.807) is 0 Å². The van der Waals surface area contributed by atoms with E-state index in [0.717, 1.165) is 37.9 Å². The van der Waals surface area contributed by atoms with Gasteiger partial charge in [0.05, 0.1) is 5.41 Å². The summed E-state index contributed by atoms with van der Waals surface area (Å²) in [6, 6.07) is 6.28. The molecule has 2 N–H and O–H groups in total. The van der Waals surface area contributed by atoms with E-state index in [1.165, 1.54) is 11.1 Å². The lowest BCUT2D eigenvalue weighted by Gasteiger charge is -2.19. The maximum Gasteiger partial charge on any atom is 0.231 e. The Hall–Kier alpha value is -1.35. The van der Waals surface area contributed by atoms with Crippen LogP contribution in [0.3, 0.4) is 0 Å². The molecule has 104 valence electrons. The molecule has 0 radical (unpaired) electrons. The number of para-hydroxylation sites is 1. The van der Waals surface area contributed by atoms with Gasteiger partial charge in [0.15, 0.2) is 0 Å². The van der Waals surface area contributed by atoms with Crippen LogP contribution < -0.4 is 10.6 Å². The summed E-state index contributed by atoms with van der Waals surface area (Å²) in [5, 5.41) is 6.32. The smallest absolute Gasteiger partial charge is 0.231 e. The maximum atomic E-state index is 12.5. The predicted octanol–water partition coefficient (Wildman–Crippen LogP) is 2.75. The van der Waals surface area contributed by atoms with Crippen molar-refractivity contribution in [1.82, 2.24) is 5.32 Å². The molecular weight excluding hydrogens is 236 g/mol. The first kappa shape index (κ1) is 14.1. The zero-order chi connectivity index (χ0) is 13.9. The van der Waals surface area contributed by atoms with Gasteiger partial charge in [0.2, 0.25) is 5.91 Å². The number of amides is 1. The van der Waals surface area contributed by atoms with Gasteiger partial charge in [-0.2, -0.15) is 0 Å². The van der Waals surface area contributed by atoms with Crippen LogP contribution in [0.25, 0.3) is 0 Å². The molecule has 3 nitrogen and oxygen atoms in total. The molecule has 0 aromatic heterocycles. The largest absolute Gasteiger partial charge is 0.325 e. The number of benzene rings is 1. The van der Waals surface area contributed by atoms with E-state index in [-0.39, 0.29) is 11.3 Å². The summed E-state index contributed by atoms with van der Waals surface area (Å²) in [5.41, 5.74) is 3.33. The summed E-state index contributed by atoms with van der Waals surface area (Å²) < 4.78 is 0. The molecule has 3 heteroatoms. The third kappa shape index (κ3) is 2.81. The van der Waals surface area contributed by atoms with Crippen molar-refractivity contribution in [3.05, 3.63) is 29.3 Å². The van der Waals surface area contributed by atoms with Crippen molar-refractivity contribution in [3.8, 4) is 0 Å². The van der Waals surface area contributed by atoms with E-state index in [0.29, 0.717) is 0 Å². The van der Waals surface area contributed by atoms with Crippen LogP contribution in [0.4, 0.5) is 5.69 Å². The molecule has 1 aromatic carbocycles. The number of nitrogens with one attached hydrogen (secondary N) is 2. The Kier molecular flexibility index (Phi) is 4.25. The molecular formula is C16H24N2O. The van der Waals surface area contributed by atoms with E-state index in [2.05, 4.69) is 42.7 Å². The Morgan fingerprint density at radius 2 is 1.79 bits per heavy atom. The lowest BCUT2D eigenvalue weighted by molar-refractivity contribution is -0.121. The molecule has 1 fully saturated rings. The SMILES string of the molecule is CCc1cccc(CC)c1NC(=O)C1(CNC)CC1. The molecule has 0 bridgehead atoms. The van der Waals surface area contributed by atoms with Gasteiger partial charge >= 0.3 is 0 Å². The molecule has 0 spiro atoms. The molecule has 0 saturated heterocycles. The summed E-state index contributed by atoms with van der Waals surface area (Å²) in [5.74, 6) is 0.178. The van der Waals surface area contributed by atoms with Gasteiger partial charge < -0.3 is 10.6 Å². The van der Waals surface area contributed by atoms with Crippen molar-refractivity contribution in [2.24, 2.45) is 5.41 Å². The van der Waals surface area contributed by atoms with Crippen LogP contribution in [0.5, 0.6) is 0 Å². The van der Waals surface area contributed by atoms with E-state index >= 15 is 0 Å². The maximum absolute atomic E-state index is 12.5. The number of hydrogen-bond acceptors (Lipinski definition) is 2. The lowest BCUT2D eigenvalue weighted by Crippen LogP contribution is -2.33. The highest BCUT2D eigenvalue weighted by atomic mass is 16.2. The fourth-order valence-electron chi connectivity index (χ4n) is 2.62. The summed E-state index contributed by atoms with van der Waals surface area (Å²) in [6.45, 7) is 5.03. The number of rotatable bonds is 6. The molecule has 19 heavy (non-hydrogen) atoms. The number of carbonyl (C=O) groups excluding carboxylic acids is 1. The number of carbonyl (C=O) groups is 1. The third-order valence-electron chi connectivity index (χ3n) is 4.09. The Balaban J connectivity index is 2.21. The number of anilines is 1. The first-order valence-corrected chi connectivity index (χ1v) is 7.23. The van der Waals surface area contributed by atoms with Gasteiger partial charge in [-0.05, 0) is 43.9 Å². The van der Waals surface area contributed by atoms with Crippen molar-refractivity contribution >= 4 is 11.6 Å². The van der Waals surface area contributed by atoms with Gasteiger partial charge in [-0.1, -0.05) is 32.0 Å². The average molecular weight is 260 g/mol. The van der Waals surface area contributed by atoms with E-state index in [4.69, 9.17) is 0 Å². The topological polar surface area (TPSA) is 41.1 Å². The molecule has 1 saturated carbocycles. The standard InChI is InChI=1S/C16H24N2O/c1-4-12-7-6-8-13(5-2)14(12)18-15(19)16(9-10-16)11-17-3/h6-8,17H,4-5,9-11H2,1-3H3,(H,18,19). The monoisotopic (exact) mass is 260 g/mol. The fourth-order valence-corrected chi connectivity index (χ4v) is 2.62. The second kappa shape index (κ2) is 5.74. The molecule has 1 aliphatic rings. The van der Waals surface area contributed by atoms with E-state index in [9.17, 15) is 4.79 Å². The minimum atomic E-state index is -0.166. The zero-order valence-electron chi connectivity index (χ0n) is 12.2. The van der Waals surface area contributed by atoms with E-state index < -0.39 is 0 Å². The highest BCUT2D eigenvalue weighted by molar-refractivity contribution is 5.98. The van der Waals surface area contributed by atoms with Crippen LogP contribution in [0.1, 0.15) is 37.8 Å². The van der Waals surface area contributed by atoms with Gasteiger partial charge in [0.25, 0.3) is 0 Å². The minimum absolute atomic E-state index is 0.166. The minimum Gasteiger partial charge on any atom is -0.325 e. The quantitative estimate of drug-likeness (QED) is 0.825. The highest BCUT2D eigenvalue weighted by Crippen LogP contribution is 2.46. The first-order chi connectivity index (χ1) is 9.16. The van der Waals surface area contributed by atoms with Gasteiger partial charge in [0, 0.05) is 12.2 Å². The Labute approximate surface area is 115 Å². The highest BCUT2D eigenvalue weighted by Gasteiger charge is 2.49. The molecule has 1 amide bonds. The predicted molar refractivity (Wildman–Crippen MR) is 79.4 cm³/mol.